The Labute approximate surface area is 145 Å². The Morgan fingerprint density at radius 3 is 2.46 bits per heavy atom. The van der Waals surface area contributed by atoms with E-state index in [0.717, 1.165) is 10.0 Å². The van der Waals surface area contributed by atoms with E-state index in [0.29, 0.717) is 6.54 Å². The summed E-state index contributed by atoms with van der Waals surface area (Å²) < 4.78 is 41.8. The number of carbonyl (C=O) groups is 1. The van der Waals surface area contributed by atoms with Gasteiger partial charge in [0.1, 0.15) is 5.75 Å². The van der Waals surface area contributed by atoms with Crippen LogP contribution in [0.2, 0.25) is 0 Å². The summed E-state index contributed by atoms with van der Waals surface area (Å²) in [6.07, 6.45) is -4.78. The van der Waals surface area contributed by atoms with Crippen LogP contribution in [0.15, 0.2) is 53.0 Å². The van der Waals surface area contributed by atoms with Gasteiger partial charge in [-0.3, -0.25) is 0 Å². The van der Waals surface area contributed by atoms with Gasteiger partial charge < -0.3 is 15.4 Å². The lowest BCUT2D eigenvalue weighted by molar-refractivity contribution is -0.274. The van der Waals surface area contributed by atoms with Crippen LogP contribution in [-0.4, -0.2) is 12.4 Å². The molecule has 0 aliphatic carbocycles. The van der Waals surface area contributed by atoms with Crippen LogP contribution in [-0.2, 0) is 13.1 Å². The molecule has 0 saturated heterocycles. The van der Waals surface area contributed by atoms with Gasteiger partial charge >= 0.3 is 12.4 Å². The first-order chi connectivity index (χ1) is 11.3. The van der Waals surface area contributed by atoms with Crippen LogP contribution in [0.1, 0.15) is 11.1 Å². The maximum Gasteiger partial charge on any atom is 0.573 e. The molecule has 0 radical (unpaired) electrons. The highest BCUT2D eigenvalue weighted by Gasteiger charge is 2.31. The maximum atomic E-state index is 12.3. The fourth-order valence-electron chi connectivity index (χ4n) is 1.94. The zero-order valence-corrected chi connectivity index (χ0v) is 13.9. The van der Waals surface area contributed by atoms with E-state index in [1.807, 2.05) is 24.3 Å². The fourth-order valence-corrected chi connectivity index (χ4v) is 2.39. The molecule has 2 aromatic rings. The fraction of sp³-hybridized carbons (Fsp3) is 0.188. The summed E-state index contributed by atoms with van der Waals surface area (Å²) in [6, 6.07) is 12.6. The molecule has 0 aromatic heterocycles. The minimum atomic E-state index is -4.78. The molecule has 2 rings (SSSR count). The van der Waals surface area contributed by atoms with Crippen LogP contribution >= 0.6 is 15.9 Å². The summed E-state index contributed by atoms with van der Waals surface area (Å²) in [4.78, 5) is 11.8. The molecule has 2 aromatic carbocycles. The number of hydrogen-bond donors (Lipinski definition) is 2. The number of rotatable bonds is 5. The summed E-state index contributed by atoms with van der Waals surface area (Å²) in [5.41, 5.74) is 1.12. The van der Waals surface area contributed by atoms with Gasteiger partial charge in [-0.1, -0.05) is 46.3 Å². The summed E-state index contributed by atoms with van der Waals surface area (Å²) in [5.74, 6) is -0.336. The van der Waals surface area contributed by atoms with Crippen LogP contribution in [0.4, 0.5) is 18.0 Å². The van der Waals surface area contributed by atoms with Gasteiger partial charge in [-0.2, -0.15) is 0 Å². The second-order valence-electron chi connectivity index (χ2n) is 4.82. The highest BCUT2D eigenvalue weighted by molar-refractivity contribution is 9.10. The zero-order valence-electron chi connectivity index (χ0n) is 12.4. The van der Waals surface area contributed by atoms with Crippen LogP contribution in [0.5, 0.6) is 5.75 Å². The van der Waals surface area contributed by atoms with Gasteiger partial charge in [0.15, 0.2) is 0 Å². The van der Waals surface area contributed by atoms with E-state index in [-0.39, 0.29) is 17.9 Å². The van der Waals surface area contributed by atoms with Gasteiger partial charge in [0, 0.05) is 23.1 Å². The third kappa shape index (κ3) is 6.11. The topological polar surface area (TPSA) is 50.4 Å². The quantitative estimate of drug-likeness (QED) is 0.780. The third-order valence-corrected chi connectivity index (χ3v) is 3.47. The molecule has 8 heteroatoms. The predicted molar refractivity (Wildman–Crippen MR) is 86.3 cm³/mol. The molecule has 0 fully saturated rings. The van der Waals surface area contributed by atoms with Gasteiger partial charge in [-0.25, -0.2) is 4.79 Å². The molecule has 0 bridgehead atoms. The Bertz CT molecular complexity index is 708. The number of para-hydroxylation sites is 1. The van der Waals surface area contributed by atoms with Crippen molar-refractivity contribution in [2.24, 2.45) is 0 Å². The maximum absolute atomic E-state index is 12.3. The van der Waals surface area contributed by atoms with E-state index in [1.165, 1.54) is 18.2 Å². The molecule has 24 heavy (non-hydrogen) atoms. The molecule has 0 atom stereocenters. The third-order valence-electron chi connectivity index (χ3n) is 2.98. The Kier molecular flexibility index (Phi) is 6.08. The molecule has 2 amide bonds. The largest absolute Gasteiger partial charge is 0.573 e. The van der Waals surface area contributed by atoms with Gasteiger partial charge in [0.05, 0.1) is 0 Å². The highest BCUT2D eigenvalue weighted by Crippen LogP contribution is 2.26. The number of alkyl halides is 3. The first-order valence-corrected chi connectivity index (χ1v) is 7.72. The van der Waals surface area contributed by atoms with E-state index >= 15 is 0 Å². The van der Waals surface area contributed by atoms with Gasteiger partial charge in [0.25, 0.3) is 0 Å². The van der Waals surface area contributed by atoms with E-state index < -0.39 is 12.4 Å². The van der Waals surface area contributed by atoms with Crippen molar-refractivity contribution in [2.75, 3.05) is 0 Å². The average Bonchev–Trinajstić information content (AvgIpc) is 2.51. The van der Waals surface area contributed by atoms with Crippen molar-refractivity contribution in [2.45, 2.75) is 19.5 Å². The number of ether oxygens (including phenoxy) is 1. The molecule has 0 unspecified atom stereocenters. The van der Waals surface area contributed by atoms with E-state index in [4.69, 9.17) is 0 Å². The number of nitrogens with one attached hydrogen (secondary N) is 2. The minimum Gasteiger partial charge on any atom is -0.405 e. The van der Waals surface area contributed by atoms with Gasteiger partial charge in [-0.05, 0) is 23.8 Å². The van der Waals surface area contributed by atoms with E-state index in [9.17, 15) is 18.0 Å². The molecule has 128 valence electrons. The Hall–Kier alpha value is -2.22. The van der Waals surface area contributed by atoms with Crippen molar-refractivity contribution >= 4 is 22.0 Å². The van der Waals surface area contributed by atoms with Crippen LogP contribution < -0.4 is 15.4 Å². The van der Waals surface area contributed by atoms with Crippen molar-refractivity contribution in [1.82, 2.24) is 10.6 Å². The Morgan fingerprint density at radius 2 is 1.75 bits per heavy atom. The predicted octanol–water partition coefficient (Wildman–Crippen LogP) is 4.35. The lowest BCUT2D eigenvalue weighted by Crippen LogP contribution is -2.34. The number of urea groups is 1. The smallest absolute Gasteiger partial charge is 0.405 e. The monoisotopic (exact) mass is 402 g/mol. The summed E-state index contributed by atoms with van der Waals surface area (Å²) in [5, 5.41) is 5.13. The van der Waals surface area contributed by atoms with Gasteiger partial charge in [-0.15, -0.1) is 13.2 Å². The van der Waals surface area contributed by atoms with Crippen molar-refractivity contribution < 1.29 is 22.7 Å². The number of amides is 2. The highest BCUT2D eigenvalue weighted by atomic mass is 79.9. The number of carbonyl (C=O) groups excluding carboxylic acids is 1. The average molecular weight is 403 g/mol. The molecule has 2 N–H and O–H groups in total. The molecule has 0 saturated carbocycles. The van der Waals surface area contributed by atoms with Crippen molar-refractivity contribution in [3.8, 4) is 5.75 Å². The number of hydrogen-bond acceptors (Lipinski definition) is 2. The second kappa shape index (κ2) is 8.05. The molecule has 0 spiro atoms. The summed E-state index contributed by atoms with van der Waals surface area (Å²) in [6.45, 7) is 0.211. The Morgan fingerprint density at radius 1 is 1.04 bits per heavy atom. The second-order valence-corrected chi connectivity index (χ2v) is 5.74. The Balaban J connectivity index is 1.88. The van der Waals surface area contributed by atoms with Crippen molar-refractivity contribution in [3.05, 3.63) is 64.1 Å². The molecular formula is C16H14BrF3N2O2. The van der Waals surface area contributed by atoms with Crippen LogP contribution in [0.3, 0.4) is 0 Å². The zero-order chi connectivity index (χ0) is 17.6. The molecule has 0 aliphatic heterocycles. The minimum absolute atomic E-state index is 0.0867. The van der Waals surface area contributed by atoms with Crippen molar-refractivity contribution in [1.29, 1.82) is 0 Å². The van der Waals surface area contributed by atoms with E-state index in [1.54, 1.807) is 6.07 Å². The molecular weight excluding hydrogens is 389 g/mol. The first-order valence-electron chi connectivity index (χ1n) is 6.93. The summed E-state index contributed by atoms with van der Waals surface area (Å²) in [7, 11) is 0. The van der Waals surface area contributed by atoms with Crippen LogP contribution in [0, 0.1) is 0 Å². The normalized spacial score (nSPS) is 11.0. The molecule has 0 heterocycles. The summed E-state index contributed by atoms with van der Waals surface area (Å²) >= 11 is 3.33. The first kappa shape index (κ1) is 18.1. The van der Waals surface area contributed by atoms with Crippen molar-refractivity contribution in [3.63, 3.8) is 0 Å². The number of halogens is 4. The van der Waals surface area contributed by atoms with Gasteiger partial charge in [0.2, 0.25) is 0 Å². The lowest BCUT2D eigenvalue weighted by atomic mass is 10.2. The molecule has 0 aliphatic rings. The SMILES string of the molecule is O=C(NCc1cccc(Br)c1)NCc1ccccc1OC(F)(F)F. The van der Waals surface area contributed by atoms with E-state index in [2.05, 4.69) is 31.3 Å². The lowest BCUT2D eigenvalue weighted by Gasteiger charge is -2.14. The standard InChI is InChI=1S/C16H14BrF3N2O2/c17-13-6-3-4-11(8-13)9-21-15(23)22-10-12-5-1-2-7-14(12)24-16(18,19)20/h1-8H,9-10H2,(H2,21,22,23). The molecule has 4 nitrogen and oxygen atoms in total. The van der Waals surface area contributed by atoms with Crippen LogP contribution in [0.25, 0.3) is 0 Å². The number of benzene rings is 2.